The smallest absolute Gasteiger partial charge is 0.127 e. The summed E-state index contributed by atoms with van der Waals surface area (Å²) in [5.74, 6) is 0.111. The normalized spacial score (nSPS) is 26.7. The van der Waals surface area contributed by atoms with E-state index in [9.17, 15) is 0 Å². The summed E-state index contributed by atoms with van der Waals surface area (Å²) in [5.41, 5.74) is 0. The summed E-state index contributed by atoms with van der Waals surface area (Å²) >= 11 is 0. The van der Waals surface area contributed by atoms with Crippen LogP contribution in [0.4, 0.5) is 0 Å². The van der Waals surface area contributed by atoms with E-state index in [0.29, 0.717) is 0 Å². The Balaban J connectivity index is 2.80. The molecule has 0 saturated carbocycles. The van der Waals surface area contributed by atoms with Crippen molar-refractivity contribution in [2.45, 2.75) is 12.7 Å². The van der Waals surface area contributed by atoms with Gasteiger partial charge in [0.2, 0.25) is 0 Å². The molecule has 66 valence electrons. The van der Waals surface area contributed by atoms with Gasteiger partial charge in [0.05, 0.1) is 0 Å². The second kappa shape index (κ2) is 2.73. The highest BCUT2D eigenvalue weighted by Crippen LogP contribution is 2.24. The van der Waals surface area contributed by atoms with Gasteiger partial charge < -0.3 is 0 Å². The number of hydrogen-bond donors (Lipinski definition) is 0. The zero-order chi connectivity index (χ0) is 8.65. The molecule has 0 aromatic rings. The van der Waals surface area contributed by atoms with Crippen molar-refractivity contribution in [3.63, 3.8) is 0 Å². The molecule has 0 amide bonds. The molecule has 3 heteroatoms. The van der Waals surface area contributed by atoms with Crippen LogP contribution in [0.15, 0.2) is 0 Å². The lowest BCUT2D eigenvalue weighted by molar-refractivity contribution is -0.0592. The van der Waals surface area contributed by atoms with E-state index in [4.69, 9.17) is 0 Å². The highest BCUT2D eigenvalue weighted by atomic mass is 15.6. The average molecular weight is 157 g/mol. The lowest BCUT2D eigenvalue weighted by Crippen LogP contribution is -2.58. The van der Waals surface area contributed by atoms with Gasteiger partial charge in [-0.3, -0.25) is 14.7 Å². The van der Waals surface area contributed by atoms with E-state index in [1.54, 1.807) is 0 Å². The van der Waals surface area contributed by atoms with E-state index in [1.165, 1.54) is 0 Å². The van der Waals surface area contributed by atoms with E-state index in [0.717, 1.165) is 13.1 Å². The van der Waals surface area contributed by atoms with Gasteiger partial charge in [0.25, 0.3) is 0 Å². The molecule has 11 heavy (non-hydrogen) atoms. The minimum absolute atomic E-state index is 0.111. The quantitative estimate of drug-likeness (QED) is 0.534. The van der Waals surface area contributed by atoms with E-state index in [2.05, 4.69) is 49.8 Å². The van der Waals surface area contributed by atoms with Crippen molar-refractivity contribution in [2.75, 3.05) is 41.3 Å². The lowest BCUT2D eigenvalue weighted by atomic mass is 10.3. The van der Waals surface area contributed by atoms with Crippen LogP contribution in [-0.2, 0) is 0 Å². The molecule has 0 atom stereocenters. The summed E-state index contributed by atoms with van der Waals surface area (Å²) in [7, 11) is 8.59. The van der Waals surface area contributed by atoms with Gasteiger partial charge in [0, 0.05) is 13.1 Å². The Morgan fingerprint density at radius 1 is 1.09 bits per heavy atom. The second-order valence-corrected chi connectivity index (χ2v) is 3.71. The molecule has 1 heterocycles. The fourth-order valence-electron chi connectivity index (χ4n) is 1.70. The first kappa shape index (κ1) is 8.97. The molecule has 1 saturated heterocycles. The van der Waals surface area contributed by atoms with Crippen LogP contribution in [0, 0.1) is 0 Å². The van der Waals surface area contributed by atoms with Crippen LogP contribution in [0.1, 0.15) is 6.92 Å². The number of nitrogens with zero attached hydrogens (tertiary/aromatic N) is 3. The van der Waals surface area contributed by atoms with E-state index < -0.39 is 0 Å². The van der Waals surface area contributed by atoms with Gasteiger partial charge in [-0.25, -0.2) is 0 Å². The van der Waals surface area contributed by atoms with Gasteiger partial charge in [-0.05, 0) is 35.1 Å². The third kappa shape index (κ3) is 1.17. The maximum absolute atomic E-state index is 2.37. The Hall–Kier alpha value is -0.120. The van der Waals surface area contributed by atoms with Crippen molar-refractivity contribution in [3.8, 4) is 0 Å². The van der Waals surface area contributed by atoms with E-state index in [1.807, 2.05) is 0 Å². The van der Waals surface area contributed by atoms with Crippen molar-refractivity contribution in [3.05, 3.63) is 0 Å². The SMILES string of the molecule is CN(C)C1(C)N(C)CCN1C. The van der Waals surface area contributed by atoms with Crippen molar-refractivity contribution in [2.24, 2.45) is 0 Å². The van der Waals surface area contributed by atoms with Crippen LogP contribution in [0.25, 0.3) is 0 Å². The van der Waals surface area contributed by atoms with Crippen molar-refractivity contribution in [1.29, 1.82) is 0 Å². The Bertz CT molecular complexity index is 134. The standard InChI is InChI=1S/C8H19N3/c1-8(9(2)3)10(4)6-7-11(8)5/h6-7H2,1-5H3. The molecular formula is C8H19N3. The van der Waals surface area contributed by atoms with Gasteiger partial charge in [-0.1, -0.05) is 0 Å². The zero-order valence-corrected chi connectivity index (χ0v) is 8.26. The molecule has 0 bridgehead atoms. The molecule has 0 aromatic carbocycles. The third-order valence-electron chi connectivity index (χ3n) is 3.06. The Morgan fingerprint density at radius 2 is 1.45 bits per heavy atom. The monoisotopic (exact) mass is 157 g/mol. The molecule has 0 spiro atoms. The molecule has 0 unspecified atom stereocenters. The first-order valence-corrected chi connectivity index (χ1v) is 4.09. The Labute approximate surface area is 69.6 Å². The first-order valence-electron chi connectivity index (χ1n) is 4.09. The van der Waals surface area contributed by atoms with Gasteiger partial charge >= 0.3 is 0 Å². The van der Waals surface area contributed by atoms with Crippen molar-refractivity contribution >= 4 is 0 Å². The zero-order valence-electron chi connectivity index (χ0n) is 8.26. The van der Waals surface area contributed by atoms with Gasteiger partial charge in [-0.2, -0.15) is 0 Å². The molecular weight excluding hydrogens is 138 g/mol. The summed E-state index contributed by atoms with van der Waals surface area (Å²) in [4.78, 5) is 6.99. The highest BCUT2D eigenvalue weighted by Gasteiger charge is 2.40. The summed E-state index contributed by atoms with van der Waals surface area (Å²) < 4.78 is 0. The Morgan fingerprint density at radius 3 is 1.64 bits per heavy atom. The minimum Gasteiger partial charge on any atom is -0.279 e. The molecule has 3 nitrogen and oxygen atoms in total. The topological polar surface area (TPSA) is 9.72 Å². The largest absolute Gasteiger partial charge is 0.279 e. The molecule has 1 aliphatic rings. The van der Waals surface area contributed by atoms with Gasteiger partial charge in [0.15, 0.2) is 0 Å². The summed E-state index contributed by atoms with van der Waals surface area (Å²) in [5, 5.41) is 0. The van der Waals surface area contributed by atoms with E-state index in [-0.39, 0.29) is 5.79 Å². The van der Waals surface area contributed by atoms with Gasteiger partial charge in [-0.15, -0.1) is 0 Å². The predicted molar refractivity (Wildman–Crippen MR) is 47.4 cm³/mol. The van der Waals surface area contributed by atoms with Crippen LogP contribution in [0.2, 0.25) is 0 Å². The van der Waals surface area contributed by atoms with Gasteiger partial charge in [0.1, 0.15) is 5.79 Å². The van der Waals surface area contributed by atoms with Crippen molar-refractivity contribution < 1.29 is 0 Å². The second-order valence-electron chi connectivity index (χ2n) is 3.71. The molecule has 1 aliphatic heterocycles. The summed E-state index contributed by atoms with van der Waals surface area (Å²) in [6, 6.07) is 0. The molecule has 1 fully saturated rings. The number of rotatable bonds is 1. The average Bonchev–Trinajstić information content (AvgIpc) is 2.18. The van der Waals surface area contributed by atoms with Crippen LogP contribution >= 0.6 is 0 Å². The molecule has 0 aromatic heterocycles. The maximum Gasteiger partial charge on any atom is 0.127 e. The first-order chi connectivity index (χ1) is 4.99. The van der Waals surface area contributed by atoms with Crippen LogP contribution in [-0.4, -0.2) is 61.8 Å². The molecule has 0 N–H and O–H groups in total. The molecule has 1 rings (SSSR count). The molecule has 0 radical (unpaired) electrons. The third-order valence-corrected chi connectivity index (χ3v) is 3.06. The predicted octanol–water partition coefficient (Wildman–Crippen LogP) is 0.0989. The fourth-order valence-corrected chi connectivity index (χ4v) is 1.70. The highest BCUT2D eigenvalue weighted by molar-refractivity contribution is 4.86. The van der Waals surface area contributed by atoms with E-state index >= 15 is 0 Å². The minimum atomic E-state index is 0.111. The lowest BCUT2D eigenvalue weighted by Gasteiger charge is -2.43. The van der Waals surface area contributed by atoms with Crippen LogP contribution in [0.3, 0.4) is 0 Å². The molecule has 0 aliphatic carbocycles. The van der Waals surface area contributed by atoms with Crippen LogP contribution in [0.5, 0.6) is 0 Å². The fraction of sp³-hybridized carbons (Fsp3) is 1.00. The maximum atomic E-state index is 2.37. The Kier molecular flexibility index (Phi) is 2.23. The number of likely N-dealkylation sites (N-methyl/N-ethyl adjacent to an activating group) is 2. The van der Waals surface area contributed by atoms with Crippen LogP contribution < -0.4 is 0 Å². The summed E-state index contributed by atoms with van der Waals surface area (Å²) in [6.07, 6.45) is 0. The summed E-state index contributed by atoms with van der Waals surface area (Å²) in [6.45, 7) is 4.57. The van der Waals surface area contributed by atoms with Crippen molar-refractivity contribution in [1.82, 2.24) is 14.7 Å². The number of hydrogen-bond acceptors (Lipinski definition) is 3.